The van der Waals surface area contributed by atoms with Gasteiger partial charge in [-0.2, -0.15) is 0 Å². The summed E-state index contributed by atoms with van der Waals surface area (Å²) in [6, 6.07) is 11.1. The Morgan fingerprint density at radius 3 is 2.22 bits per heavy atom. The van der Waals surface area contributed by atoms with Gasteiger partial charge in [0, 0.05) is 27.9 Å². The quantitative estimate of drug-likeness (QED) is 0.214. The van der Waals surface area contributed by atoms with Gasteiger partial charge in [0.25, 0.3) is 23.4 Å². The van der Waals surface area contributed by atoms with Crippen molar-refractivity contribution in [1.82, 2.24) is 4.90 Å². The zero-order valence-corrected chi connectivity index (χ0v) is 19.5. The molecular formula is C24H13Cl2N3O7. The van der Waals surface area contributed by atoms with Crippen molar-refractivity contribution in [2.75, 3.05) is 11.7 Å². The number of nitro benzene ring substituents is 1. The zero-order chi connectivity index (χ0) is 25.3. The van der Waals surface area contributed by atoms with Crippen molar-refractivity contribution in [3.63, 3.8) is 0 Å². The summed E-state index contributed by atoms with van der Waals surface area (Å²) in [7, 11) is 0. The molecule has 6 rings (SSSR count). The number of carbonyl (C=O) groups is 3. The second-order valence-corrected chi connectivity index (χ2v) is 9.18. The fourth-order valence-corrected chi connectivity index (χ4v) is 5.25. The van der Waals surface area contributed by atoms with E-state index < -0.39 is 34.7 Å². The predicted octanol–water partition coefficient (Wildman–Crippen LogP) is 4.38. The molecular weight excluding hydrogens is 513 g/mol. The van der Waals surface area contributed by atoms with Crippen LogP contribution >= 0.6 is 23.2 Å². The molecule has 0 aromatic heterocycles. The summed E-state index contributed by atoms with van der Waals surface area (Å²) in [5.74, 6) is -1.07. The van der Waals surface area contributed by atoms with Gasteiger partial charge in [0.05, 0.1) is 22.1 Å². The Labute approximate surface area is 212 Å². The van der Waals surface area contributed by atoms with E-state index in [0.29, 0.717) is 32.8 Å². The highest BCUT2D eigenvalue weighted by atomic mass is 35.5. The lowest BCUT2D eigenvalue weighted by atomic mass is 9.86. The van der Waals surface area contributed by atoms with Crippen LogP contribution in [0.2, 0.25) is 10.0 Å². The second kappa shape index (κ2) is 7.94. The third kappa shape index (κ3) is 3.22. The molecule has 10 nitrogen and oxygen atoms in total. The first-order chi connectivity index (χ1) is 17.2. The average Bonchev–Trinajstić information content (AvgIpc) is 3.39. The second-order valence-electron chi connectivity index (χ2n) is 8.31. The standard InChI is InChI=1S/C24H13Cl2N3O7/c25-12-6-13(26)8-15(7-12)27-20(11-1-4-18-19(5-11)36-10-35-18)21(24(27)32)28-22(30)16-3-2-14(29(33)34)9-17(16)23(28)31/h1-9,20-21H,10H2. The van der Waals surface area contributed by atoms with E-state index in [1.807, 2.05) is 0 Å². The molecule has 3 aromatic rings. The number of rotatable bonds is 4. The van der Waals surface area contributed by atoms with E-state index in [0.717, 1.165) is 17.0 Å². The minimum atomic E-state index is -1.21. The SMILES string of the molecule is O=C1c2ccc([N+](=O)[O-])cc2C(=O)N1C1C(=O)N(c2cc(Cl)cc(Cl)c2)C1c1ccc2c(c1)OCO2. The number of non-ortho nitro benzene ring substituents is 1. The van der Waals surface area contributed by atoms with Gasteiger partial charge in [-0.05, 0) is 42.0 Å². The summed E-state index contributed by atoms with van der Waals surface area (Å²) < 4.78 is 10.8. The molecule has 1 fully saturated rings. The molecule has 3 aromatic carbocycles. The van der Waals surface area contributed by atoms with Crippen LogP contribution in [0.3, 0.4) is 0 Å². The maximum absolute atomic E-state index is 13.5. The van der Waals surface area contributed by atoms with Crippen LogP contribution in [0.1, 0.15) is 32.3 Å². The van der Waals surface area contributed by atoms with Gasteiger partial charge in [-0.25, -0.2) is 0 Å². The minimum Gasteiger partial charge on any atom is -0.454 e. The molecule has 0 spiro atoms. The lowest BCUT2D eigenvalue weighted by Crippen LogP contribution is -2.67. The van der Waals surface area contributed by atoms with Crippen molar-refractivity contribution in [2.45, 2.75) is 12.1 Å². The minimum absolute atomic E-state index is 0.00733. The molecule has 180 valence electrons. The highest BCUT2D eigenvalue weighted by Crippen LogP contribution is 2.47. The zero-order valence-electron chi connectivity index (χ0n) is 18.0. The summed E-state index contributed by atoms with van der Waals surface area (Å²) >= 11 is 12.3. The van der Waals surface area contributed by atoms with Gasteiger partial charge in [-0.1, -0.05) is 29.3 Å². The van der Waals surface area contributed by atoms with E-state index in [1.54, 1.807) is 30.3 Å². The molecule has 0 N–H and O–H groups in total. The van der Waals surface area contributed by atoms with Crippen LogP contribution in [0.4, 0.5) is 11.4 Å². The smallest absolute Gasteiger partial charge is 0.270 e. The van der Waals surface area contributed by atoms with Crippen molar-refractivity contribution < 1.29 is 28.8 Å². The first-order valence-electron chi connectivity index (χ1n) is 10.6. The molecule has 2 unspecified atom stereocenters. The van der Waals surface area contributed by atoms with Crippen molar-refractivity contribution in [2.24, 2.45) is 0 Å². The van der Waals surface area contributed by atoms with E-state index in [4.69, 9.17) is 32.7 Å². The van der Waals surface area contributed by atoms with Gasteiger partial charge < -0.3 is 14.4 Å². The summed E-state index contributed by atoms with van der Waals surface area (Å²) in [6.45, 7) is 0.0383. The molecule has 1 saturated heterocycles. The number of carbonyl (C=O) groups excluding carboxylic acids is 3. The van der Waals surface area contributed by atoms with Crippen LogP contribution in [-0.4, -0.2) is 40.4 Å². The maximum atomic E-state index is 13.5. The van der Waals surface area contributed by atoms with Crippen LogP contribution in [0.15, 0.2) is 54.6 Å². The van der Waals surface area contributed by atoms with Crippen molar-refractivity contribution in [1.29, 1.82) is 0 Å². The van der Waals surface area contributed by atoms with E-state index in [1.165, 1.54) is 17.0 Å². The summed E-state index contributed by atoms with van der Waals surface area (Å²) in [5, 5.41) is 11.8. The molecule has 3 heterocycles. The van der Waals surface area contributed by atoms with Crippen molar-refractivity contribution >= 4 is 52.3 Å². The number of anilines is 1. The van der Waals surface area contributed by atoms with Crippen LogP contribution in [-0.2, 0) is 4.79 Å². The van der Waals surface area contributed by atoms with E-state index >= 15 is 0 Å². The number of halogens is 2. The molecule has 0 aliphatic carbocycles. The lowest BCUT2D eigenvalue weighted by molar-refractivity contribution is -0.384. The van der Waals surface area contributed by atoms with Gasteiger partial charge in [-0.15, -0.1) is 0 Å². The van der Waals surface area contributed by atoms with Gasteiger partial charge in [0.1, 0.15) is 6.04 Å². The van der Waals surface area contributed by atoms with E-state index in [9.17, 15) is 24.5 Å². The number of β-lactam (4-membered cyclic amide) rings is 1. The molecule has 3 aliphatic heterocycles. The molecule has 0 saturated carbocycles. The average molecular weight is 526 g/mol. The van der Waals surface area contributed by atoms with Gasteiger partial charge in [0.15, 0.2) is 11.5 Å². The third-order valence-corrected chi connectivity index (χ3v) is 6.76. The Bertz CT molecular complexity index is 1510. The van der Waals surface area contributed by atoms with Crippen molar-refractivity contribution in [3.05, 3.63) is 91.4 Å². The number of hydrogen-bond donors (Lipinski definition) is 0. The Hall–Kier alpha value is -4.15. The molecule has 2 atom stereocenters. The van der Waals surface area contributed by atoms with E-state index in [2.05, 4.69) is 0 Å². The molecule has 12 heteroatoms. The number of nitrogens with zero attached hydrogens (tertiary/aromatic N) is 3. The monoisotopic (exact) mass is 525 g/mol. The Morgan fingerprint density at radius 2 is 1.50 bits per heavy atom. The maximum Gasteiger partial charge on any atom is 0.270 e. The number of hydrogen-bond acceptors (Lipinski definition) is 7. The number of imide groups is 1. The van der Waals surface area contributed by atoms with Crippen LogP contribution < -0.4 is 14.4 Å². The van der Waals surface area contributed by atoms with Gasteiger partial charge in [0.2, 0.25) is 6.79 Å². The molecule has 3 aliphatic rings. The summed E-state index contributed by atoms with van der Waals surface area (Å²) in [6.07, 6.45) is 0. The highest BCUT2D eigenvalue weighted by Gasteiger charge is 2.57. The number of nitro groups is 1. The predicted molar refractivity (Wildman–Crippen MR) is 127 cm³/mol. The Balaban J connectivity index is 1.45. The lowest BCUT2D eigenvalue weighted by Gasteiger charge is -2.49. The van der Waals surface area contributed by atoms with Crippen molar-refractivity contribution in [3.8, 4) is 11.5 Å². The number of amides is 3. The number of fused-ring (bicyclic) bond motifs is 2. The van der Waals surface area contributed by atoms with E-state index in [-0.39, 0.29) is 23.6 Å². The number of ether oxygens (including phenoxy) is 2. The van der Waals surface area contributed by atoms with Gasteiger partial charge in [-0.3, -0.25) is 29.4 Å². The topological polar surface area (TPSA) is 119 Å². The highest BCUT2D eigenvalue weighted by molar-refractivity contribution is 6.35. The largest absolute Gasteiger partial charge is 0.454 e. The fraction of sp³-hybridized carbons (Fsp3) is 0.125. The summed E-state index contributed by atoms with van der Waals surface area (Å²) in [5.41, 5.74) is 0.480. The summed E-state index contributed by atoms with van der Waals surface area (Å²) in [4.78, 5) is 52.9. The van der Waals surface area contributed by atoms with Gasteiger partial charge >= 0.3 is 0 Å². The van der Waals surface area contributed by atoms with Crippen LogP contribution in [0.25, 0.3) is 0 Å². The fourth-order valence-electron chi connectivity index (χ4n) is 4.73. The first-order valence-corrected chi connectivity index (χ1v) is 11.4. The molecule has 0 radical (unpaired) electrons. The Kier molecular flexibility index (Phi) is 4.92. The third-order valence-electron chi connectivity index (χ3n) is 6.32. The first kappa shape index (κ1) is 22.3. The number of benzene rings is 3. The Morgan fingerprint density at radius 1 is 0.806 bits per heavy atom. The van der Waals surface area contributed by atoms with Crippen LogP contribution in [0, 0.1) is 10.1 Å². The molecule has 3 amide bonds. The molecule has 36 heavy (non-hydrogen) atoms. The molecule has 0 bridgehead atoms. The normalized spacial score (nSPS) is 20.0. The van der Waals surface area contributed by atoms with Crippen LogP contribution in [0.5, 0.6) is 11.5 Å².